The van der Waals surface area contributed by atoms with E-state index in [9.17, 15) is 4.79 Å². The molecule has 0 radical (unpaired) electrons. The molecule has 0 fully saturated rings. The molecule has 218 valence electrons. The van der Waals surface area contributed by atoms with Gasteiger partial charge in [-0.15, -0.1) is 16.4 Å². The van der Waals surface area contributed by atoms with Gasteiger partial charge in [-0.05, 0) is 45.8 Å². The summed E-state index contributed by atoms with van der Waals surface area (Å²) < 4.78 is 26.4. The first-order valence-corrected chi connectivity index (χ1v) is 15.3. The maximum Gasteiger partial charge on any atom is 0.249 e. The van der Waals surface area contributed by atoms with Crippen molar-refractivity contribution < 1.29 is 23.7 Å². The summed E-state index contributed by atoms with van der Waals surface area (Å²) in [5, 5.41) is 8.51. The zero-order valence-corrected chi connectivity index (χ0v) is 26.6. The average Bonchev–Trinajstić information content (AvgIpc) is 3.64. The predicted octanol–water partition coefficient (Wildman–Crippen LogP) is 6.21. The number of fused-ring (bicyclic) bond motifs is 1. The Bertz CT molecular complexity index is 1650. The maximum atomic E-state index is 13.8. The summed E-state index contributed by atoms with van der Waals surface area (Å²) in [5.41, 5.74) is 3.20. The number of halogens is 1. The van der Waals surface area contributed by atoms with Crippen LogP contribution in [0.1, 0.15) is 11.3 Å². The number of nitrogens with zero attached hydrogens (tertiary/aromatic N) is 5. The second-order valence-electron chi connectivity index (χ2n) is 8.98. The SMILES string of the molecule is COc1ccc(CN(C(=O)Cn2cc(CSc3nc4ccccc4s3)nn2)c2cc(OC)c(OC)c(OC)c2)cc1Br. The topological polar surface area (TPSA) is 101 Å². The van der Waals surface area contributed by atoms with E-state index in [1.54, 1.807) is 58.1 Å². The van der Waals surface area contributed by atoms with Crippen LogP contribution >= 0.6 is 39.0 Å². The molecule has 5 aromatic rings. The first-order valence-electron chi connectivity index (χ1n) is 12.7. The third-order valence-electron chi connectivity index (χ3n) is 6.32. The predicted molar refractivity (Wildman–Crippen MR) is 167 cm³/mol. The molecule has 0 aliphatic heterocycles. The van der Waals surface area contributed by atoms with Crippen LogP contribution < -0.4 is 23.8 Å². The molecule has 0 saturated carbocycles. The monoisotopic (exact) mass is 669 g/mol. The number of benzene rings is 3. The summed E-state index contributed by atoms with van der Waals surface area (Å²) in [6, 6.07) is 17.2. The first kappa shape index (κ1) is 29.7. The molecule has 1 amide bonds. The highest BCUT2D eigenvalue weighted by Gasteiger charge is 2.23. The van der Waals surface area contributed by atoms with Gasteiger partial charge in [-0.25, -0.2) is 9.67 Å². The molecule has 42 heavy (non-hydrogen) atoms. The van der Waals surface area contributed by atoms with Gasteiger partial charge in [0, 0.05) is 24.1 Å². The van der Waals surface area contributed by atoms with Crippen LogP contribution in [0.4, 0.5) is 5.69 Å². The van der Waals surface area contributed by atoms with Crippen LogP contribution in [0.2, 0.25) is 0 Å². The van der Waals surface area contributed by atoms with Crippen LogP contribution in [-0.2, 0) is 23.6 Å². The fourth-order valence-electron chi connectivity index (χ4n) is 4.29. The summed E-state index contributed by atoms with van der Waals surface area (Å²) in [7, 11) is 6.22. The van der Waals surface area contributed by atoms with Gasteiger partial charge < -0.3 is 23.8 Å². The molecule has 2 heterocycles. The lowest BCUT2D eigenvalue weighted by atomic mass is 10.1. The van der Waals surface area contributed by atoms with Crippen molar-refractivity contribution in [3.63, 3.8) is 0 Å². The third kappa shape index (κ3) is 6.63. The Morgan fingerprint density at radius 3 is 2.38 bits per heavy atom. The Labute approximate surface area is 259 Å². The van der Waals surface area contributed by atoms with Gasteiger partial charge in [0.15, 0.2) is 15.8 Å². The number of thioether (sulfide) groups is 1. The minimum Gasteiger partial charge on any atom is -0.496 e. The Morgan fingerprint density at radius 1 is 0.976 bits per heavy atom. The smallest absolute Gasteiger partial charge is 0.249 e. The number of rotatable bonds is 12. The molecule has 10 nitrogen and oxygen atoms in total. The van der Waals surface area contributed by atoms with Gasteiger partial charge in [0.2, 0.25) is 11.7 Å². The van der Waals surface area contributed by atoms with Gasteiger partial charge in [-0.1, -0.05) is 35.2 Å². The quantitative estimate of drug-likeness (QED) is 0.144. The largest absolute Gasteiger partial charge is 0.496 e. The van der Waals surface area contributed by atoms with Crippen molar-refractivity contribution in [2.45, 2.75) is 23.2 Å². The van der Waals surface area contributed by atoms with Crippen molar-refractivity contribution in [1.29, 1.82) is 0 Å². The van der Waals surface area contributed by atoms with Crippen molar-refractivity contribution in [3.05, 3.63) is 76.5 Å². The maximum absolute atomic E-state index is 13.8. The van der Waals surface area contributed by atoms with Crippen molar-refractivity contribution >= 4 is 60.8 Å². The molecule has 0 saturated heterocycles. The standard InChI is InChI=1S/C29H28BrN5O5S2/c1-37-23-10-9-18(11-21(23)30)14-35(20-12-24(38-2)28(40-4)25(13-20)39-3)27(36)16-34-15-19(32-33-34)17-41-29-31-22-7-5-6-8-26(22)42-29/h5-13,15H,14,16-17H2,1-4H3. The summed E-state index contributed by atoms with van der Waals surface area (Å²) in [6.45, 7) is 0.252. The van der Waals surface area contributed by atoms with E-state index in [-0.39, 0.29) is 19.0 Å². The van der Waals surface area contributed by atoms with Crippen molar-refractivity contribution in [1.82, 2.24) is 20.0 Å². The van der Waals surface area contributed by atoms with Crippen LogP contribution in [0.5, 0.6) is 23.0 Å². The molecule has 0 N–H and O–H groups in total. The number of para-hydroxylation sites is 1. The van der Waals surface area contributed by atoms with Crippen molar-refractivity contribution in [3.8, 4) is 23.0 Å². The summed E-state index contributed by atoms with van der Waals surface area (Å²) in [5.74, 6) is 2.40. The highest BCUT2D eigenvalue weighted by atomic mass is 79.9. The van der Waals surface area contributed by atoms with Crippen LogP contribution in [-0.4, -0.2) is 54.3 Å². The van der Waals surface area contributed by atoms with E-state index in [0.717, 1.165) is 30.3 Å². The molecule has 0 aliphatic rings. The zero-order valence-electron chi connectivity index (χ0n) is 23.4. The summed E-state index contributed by atoms with van der Waals surface area (Å²) >= 11 is 6.78. The van der Waals surface area contributed by atoms with Crippen molar-refractivity contribution in [2.24, 2.45) is 0 Å². The van der Waals surface area contributed by atoms with Gasteiger partial charge in [-0.2, -0.15) is 0 Å². The van der Waals surface area contributed by atoms with Gasteiger partial charge in [-0.3, -0.25) is 4.79 Å². The first-order chi connectivity index (χ1) is 20.4. The minimum absolute atomic E-state index is 0.0210. The second-order valence-corrected chi connectivity index (χ2v) is 12.1. The van der Waals surface area contributed by atoms with Gasteiger partial charge >= 0.3 is 0 Å². The highest BCUT2D eigenvalue weighted by molar-refractivity contribution is 9.10. The number of ether oxygens (including phenoxy) is 4. The van der Waals surface area contributed by atoms with Crippen LogP contribution in [0, 0.1) is 0 Å². The lowest BCUT2D eigenvalue weighted by molar-refractivity contribution is -0.119. The van der Waals surface area contributed by atoms with Crippen LogP contribution in [0.15, 0.2) is 69.6 Å². The van der Waals surface area contributed by atoms with Crippen LogP contribution in [0.25, 0.3) is 10.2 Å². The average molecular weight is 671 g/mol. The van der Waals surface area contributed by atoms with Gasteiger partial charge in [0.05, 0.1) is 61.1 Å². The number of hydrogen-bond donors (Lipinski definition) is 0. The Balaban J connectivity index is 1.37. The molecule has 0 spiro atoms. The lowest BCUT2D eigenvalue weighted by Crippen LogP contribution is -2.33. The number of carbonyl (C=O) groups is 1. The molecule has 3 aromatic carbocycles. The van der Waals surface area contributed by atoms with E-state index in [1.807, 2.05) is 36.4 Å². The Kier molecular flexibility index (Phi) is 9.50. The van der Waals surface area contributed by atoms with E-state index in [4.69, 9.17) is 18.9 Å². The van der Waals surface area contributed by atoms with E-state index < -0.39 is 0 Å². The molecular weight excluding hydrogens is 642 g/mol. The molecule has 0 aliphatic carbocycles. The number of anilines is 1. The van der Waals surface area contributed by atoms with E-state index >= 15 is 0 Å². The van der Waals surface area contributed by atoms with Crippen LogP contribution in [0.3, 0.4) is 0 Å². The van der Waals surface area contributed by atoms with Gasteiger partial charge in [0.25, 0.3) is 0 Å². The van der Waals surface area contributed by atoms with E-state index in [0.29, 0.717) is 34.4 Å². The zero-order chi connectivity index (χ0) is 29.6. The van der Waals surface area contributed by atoms with E-state index in [1.165, 1.54) is 21.3 Å². The number of amides is 1. The molecule has 2 aromatic heterocycles. The molecule has 0 atom stereocenters. The van der Waals surface area contributed by atoms with Gasteiger partial charge in [0.1, 0.15) is 12.3 Å². The Hall–Kier alpha value is -3.81. The molecule has 13 heteroatoms. The molecule has 5 rings (SSSR count). The van der Waals surface area contributed by atoms with Crippen molar-refractivity contribution in [2.75, 3.05) is 33.3 Å². The molecular formula is C29H28BrN5O5S2. The number of hydrogen-bond acceptors (Lipinski definition) is 10. The number of carbonyl (C=O) groups excluding carboxylic acids is 1. The molecule has 0 bridgehead atoms. The fraction of sp³-hybridized carbons (Fsp3) is 0.241. The lowest BCUT2D eigenvalue weighted by Gasteiger charge is -2.25. The number of aromatic nitrogens is 4. The molecule has 0 unspecified atom stereocenters. The summed E-state index contributed by atoms with van der Waals surface area (Å²) in [6.07, 6.45) is 1.79. The van der Waals surface area contributed by atoms with E-state index in [2.05, 4.69) is 37.3 Å². The number of methoxy groups -OCH3 is 4. The third-order valence-corrected chi connectivity index (χ3v) is 9.15. The minimum atomic E-state index is -0.202. The number of thiazole rings is 1. The summed E-state index contributed by atoms with van der Waals surface area (Å²) in [4.78, 5) is 20.2. The highest BCUT2D eigenvalue weighted by Crippen LogP contribution is 2.41. The normalized spacial score (nSPS) is 11.0. The Morgan fingerprint density at radius 2 is 1.71 bits per heavy atom. The second kappa shape index (κ2) is 13.4. The fourth-order valence-corrected chi connectivity index (χ4v) is 6.83.